The van der Waals surface area contributed by atoms with E-state index in [0.717, 1.165) is 4.90 Å². The number of rotatable bonds is 7. The standard InChI is InChI=1S/C32H44FN3O6S2/c1-17-15-18(11-12-20(17)33)43-16-19-24(44-27-34-13-14-35-27)21-22(25(37)40-29(2,3)4)23(21)32(19,26(38)41-30(5,6)7)36-28(39)42-31(8,9)10/h11-13,15,19,21-24H,14,16H2,1-10H3,(H,36,39)/t19-,21+,22+,23+,24-,32+/m1/s1. The number of nitrogens with one attached hydrogen (secondary N) is 1. The Kier molecular flexibility index (Phi) is 9.58. The molecule has 1 heterocycles. The van der Waals surface area contributed by atoms with E-state index in [9.17, 15) is 18.8 Å². The molecule has 9 nitrogen and oxygen atoms in total. The van der Waals surface area contributed by atoms with Gasteiger partial charge in [0, 0.05) is 33.9 Å². The third-order valence-corrected chi connectivity index (χ3v) is 9.87. The highest BCUT2D eigenvalue weighted by molar-refractivity contribution is 8.14. The molecule has 1 aromatic carbocycles. The summed E-state index contributed by atoms with van der Waals surface area (Å²) < 4.78 is 31.6. The second kappa shape index (κ2) is 12.3. The van der Waals surface area contributed by atoms with Crippen LogP contribution in [0.15, 0.2) is 33.1 Å². The van der Waals surface area contributed by atoms with Gasteiger partial charge in [0.05, 0.1) is 12.5 Å². The molecule has 0 radical (unpaired) electrons. The van der Waals surface area contributed by atoms with Crippen LogP contribution in [0, 0.1) is 36.4 Å². The van der Waals surface area contributed by atoms with Gasteiger partial charge in [0.25, 0.3) is 0 Å². The van der Waals surface area contributed by atoms with Crippen molar-refractivity contribution in [3.63, 3.8) is 0 Å². The lowest BCUT2D eigenvalue weighted by atomic mass is 9.81. The van der Waals surface area contributed by atoms with Crippen molar-refractivity contribution in [3.05, 3.63) is 29.6 Å². The summed E-state index contributed by atoms with van der Waals surface area (Å²) in [5.74, 6) is -3.21. The van der Waals surface area contributed by atoms with E-state index < -0.39 is 58.1 Å². The predicted molar refractivity (Wildman–Crippen MR) is 172 cm³/mol. The van der Waals surface area contributed by atoms with E-state index in [2.05, 4.69) is 15.3 Å². The molecule has 3 aliphatic rings. The van der Waals surface area contributed by atoms with Crippen molar-refractivity contribution in [2.75, 3.05) is 12.3 Å². The Labute approximate surface area is 267 Å². The van der Waals surface area contributed by atoms with Crippen molar-refractivity contribution in [1.29, 1.82) is 0 Å². The lowest BCUT2D eigenvalue weighted by molar-refractivity contribution is -0.167. The van der Waals surface area contributed by atoms with Gasteiger partial charge in [0.2, 0.25) is 0 Å². The minimum atomic E-state index is -1.63. The first-order valence-corrected chi connectivity index (χ1v) is 16.7. The second-order valence-corrected chi connectivity index (χ2v) is 16.7. The summed E-state index contributed by atoms with van der Waals surface area (Å²) in [4.78, 5) is 51.4. The highest BCUT2D eigenvalue weighted by atomic mass is 32.2. The number of amidine groups is 1. The summed E-state index contributed by atoms with van der Waals surface area (Å²) in [5.41, 5.74) is -3.62. The normalized spacial score (nSPS) is 27.8. The summed E-state index contributed by atoms with van der Waals surface area (Å²) in [5, 5.41) is 3.15. The van der Waals surface area contributed by atoms with Crippen LogP contribution in [-0.2, 0) is 23.8 Å². The fourth-order valence-electron chi connectivity index (χ4n) is 5.88. The summed E-state index contributed by atoms with van der Waals surface area (Å²) in [6.07, 6.45) is 0.921. The average molecular weight is 650 g/mol. The Morgan fingerprint density at radius 1 is 1.00 bits per heavy atom. The molecule has 1 N–H and O–H groups in total. The van der Waals surface area contributed by atoms with Crippen LogP contribution >= 0.6 is 23.5 Å². The molecule has 242 valence electrons. The quantitative estimate of drug-likeness (QED) is 0.211. The van der Waals surface area contributed by atoms with E-state index >= 15 is 0 Å². The maximum absolute atomic E-state index is 14.5. The number of carbonyl (C=O) groups excluding carboxylic acids is 3. The SMILES string of the molecule is Cc1cc(SC[C@@H]2[C@@H](SC3=NCC=N3)[C@H]3[C@H](C(=O)OC(C)(C)C)[C@H]3[C@]2(NC(=O)OC(C)(C)C)C(=O)OC(C)(C)C)ccc1F. The van der Waals surface area contributed by atoms with Gasteiger partial charge >= 0.3 is 18.0 Å². The second-order valence-electron chi connectivity index (χ2n) is 14.5. The number of fused-ring (bicyclic) bond motifs is 1. The first kappa shape index (κ1) is 34.3. The molecule has 12 heteroatoms. The van der Waals surface area contributed by atoms with Gasteiger partial charge in [-0.3, -0.25) is 9.79 Å². The molecule has 0 unspecified atom stereocenters. The van der Waals surface area contributed by atoms with Gasteiger partial charge in [-0.05, 0) is 98.9 Å². The number of aryl methyl sites for hydroxylation is 1. The lowest BCUT2D eigenvalue weighted by Gasteiger charge is -2.41. The molecule has 6 atom stereocenters. The van der Waals surface area contributed by atoms with E-state index in [-0.39, 0.29) is 17.0 Å². The van der Waals surface area contributed by atoms with Gasteiger partial charge in [-0.2, -0.15) is 0 Å². The number of thioether (sulfide) groups is 2. The van der Waals surface area contributed by atoms with Crippen molar-refractivity contribution < 1.29 is 33.0 Å². The molecule has 2 aliphatic carbocycles. The average Bonchev–Trinajstić information content (AvgIpc) is 3.26. The molecule has 2 fully saturated rings. The Morgan fingerprint density at radius 2 is 1.64 bits per heavy atom. The number of hydrogen-bond acceptors (Lipinski definition) is 10. The van der Waals surface area contributed by atoms with Gasteiger partial charge in [-0.1, -0.05) is 11.8 Å². The first-order chi connectivity index (χ1) is 20.2. The number of amides is 1. The van der Waals surface area contributed by atoms with Gasteiger partial charge in [-0.25, -0.2) is 19.0 Å². The van der Waals surface area contributed by atoms with Crippen LogP contribution in [0.2, 0.25) is 0 Å². The number of esters is 2. The topological polar surface area (TPSA) is 116 Å². The van der Waals surface area contributed by atoms with Crippen molar-refractivity contribution in [3.8, 4) is 0 Å². The molecule has 1 amide bonds. The minimum Gasteiger partial charge on any atom is -0.460 e. The Hall–Kier alpha value is -2.60. The zero-order valence-electron chi connectivity index (χ0n) is 27.1. The van der Waals surface area contributed by atoms with Crippen LogP contribution < -0.4 is 5.32 Å². The van der Waals surface area contributed by atoms with E-state index in [1.54, 1.807) is 87.6 Å². The molecular formula is C32H44FN3O6S2. The van der Waals surface area contributed by atoms with Crippen LogP contribution in [0.25, 0.3) is 0 Å². The van der Waals surface area contributed by atoms with Crippen LogP contribution in [0.3, 0.4) is 0 Å². The largest absolute Gasteiger partial charge is 0.460 e. The Morgan fingerprint density at radius 3 is 2.18 bits per heavy atom. The third kappa shape index (κ3) is 7.78. The van der Waals surface area contributed by atoms with Crippen LogP contribution in [0.4, 0.5) is 9.18 Å². The summed E-state index contributed by atoms with van der Waals surface area (Å²) in [6, 6.07) is 4.86. The van der Waals surface area contributed by atoms with Crippen molar-refractivity contribution in [2.24, 2.45) is 33.7 Å². The molecule has 44 heavy (non-hydrogen) atoms. The monoisotopic (exact) mass is 649 g/mol. The zero-order valence-corrected chi connectivity index (χ0v) is 28.8. The summed E-state index contributed by atoms with van der Waals surface area (Å²) in [6.45, 7) is 18.0. The summed E-state index contributed by atoms with van der Waals surface area (Å²) in [7, 11) is 0. The Balaban J connectivity index is 1.84. The van der Waals surface area contributed by atoms with Gasteiger partial charge in [0.15, 0.2) is 5.17 Å². The Bertz CT molecular complexity index is 1360. The van der Waals surface area contributed by atoms with E-state index in [1.807, 2.05) is 0 Å². The number of benzene rings is 1. The molecule has 1 aromatic rings. The fourth-order valence-corrected chi connectivity index (χ4v) is 8.76. The lowest BCUT2D eigenvalue weighted by Crippen LogP contribution is -2.64. The van der Waals surface area contributed by atoms with E-state index in [4.69, 9.17) is 14.2 Å². The van der Waals surface area contributed by atoms with Crippen molar-refractivity contribution >= 4 is 52.9 Å². The fraction of sp³-hybridized carbons (Fsp3) is 0.656. The minimum absolute atomic E-state index is 0.308. The molecule has 0 spiro atoms. The zero-order chi connectivity index (χ0) is 32.8. The van der Waals surface area contributed by atoms with E-state index in [0.29, 0.717) is 23.0 Å². The third-order valence-electron chi connectivity index (χ3n) is 7.40. The number of alkyl carbamates (subject to hydrolysis) is 1. The number of ether oxygens (including phenoxy) is 3. The number of nitrogens with zero attached hydrogens (tertiary/aromatic N) is 2. The first-order valence-electron chi connectivity index (χ1n) is 14.8. The van der Waals surface area contributed by atoms with Crippen LogP contribution in [-0.4, -0.2) is 69.3 Å². The van der Waals surface area contributed by atoms with Crippen LogP contribution in [0.1, 0.15) is 67.9 Å². The molecule has 0 aromatic heterocycles. The van der Waals surface area contributed by atoms with Crippen molar-refractivity contribution in [2.45, 2.75) is 102 Å². The van der Waals surface area contributed by atoms with Gasteiger partial charge in [0.1, 0.15) is 28.2 Å². The molecule has 0 saturated heterocycles. The van der Waals surface area contributed by atoms with Gasteiger partial charge < -0.3 is 19.5 Å². The van der Waals surface area contributed by atoms with Gasteiger partial charge in [-0.15, -0.1) is 11.8 Å². The molecular weight excluding hydrogens is 605 g/mol. The number of hydrogen-bond donors (Lipinski definition) is 1. The van der Waals surface area contributed by atoms with Crippen molar-refractivity contribution in [1.82, 2.24) is 5.32 Å². The predicted octanol–water partition coefficient (Wildman–Crippen LogP) is 6.21. The smallest absolute Gasteiger partial charge is 0.408 e. The molecule has 0 bridgehead atoms. The highest BCUT2D eigenvalue weighted by Gasteiger charge is 2.80. The van der Waals surface area contributed by atoms with E-state index in [1.165, 1.54) is 29.6 Å². The maximum Gasteiger partial charge on any atom is 0.408 e. The number of halogens is 1. The summed E-state index contributed by atoms with van der Waals surface area (Å²) >= 11 is 2.85. The maximum atomic E-state index is 14.5. The molecule has 1 aliphatic heterocycles. The van der Waals surface area contributed by atoms with Crippen LogP contribution in [0.5, 0.6) is 0 Å². The number of aliphatic imine (C=N–C) groups is 2. The molecule has 4 rings (SSSR count). The molecule has 2 saturated carbocycles. The highest BCUT2D eigenvalue weighted by Crippen LogP contribution is 2.69. The number of carbonyl (C=O) groups is 3.